The number of amides is 1. The van der Waals surface area contributed by atoms with Gasteiger partial charge >= 0.3 is 0 Å². The number of nitrogens with zero attached hydrogens (tertiary/aromatic N) is 1. The van der Waals surface area contributed by atoms with Crippen molar-refractivity contribution in [2.24, 2.45) is 0 Å². The number of aliphatic hydroxyl groups is 2. The highest BCUT2D eigenvalue weighted by Crippen LogP contribution is 2.38. The molecule has 0 unspecified atom stereocenters. The van der Waals surface area contributed by atoms with Gasteiger partial charge in [-0.1, -0.05) is 11.6 Å². The Kier molecular flexibility index (Phi) is 6.13. The van der Waals surface area contributed by atoms with Gasteiger partial charge in [-0.25, -0.2) is 8.78 Å². The van der Waals surface area contributed by atoms with Gasteiger partial charge in [0, 0.05) is 34.6 Å². The largest absolute Gasteiger partial charge is 0.490 e. The molecule has 10 heteroatoms. The summed E-state index contributed by atoms with van der Waals surface area (Å²) in [6.45, 7) is -0.277. The van der Waals surface area contributed by atoms with Crippen LogP contribution in [0, 0.1) is 11.6 Å². The third-order valence-corrected chi connectivity index (χ3v) is 6.57. The predicted molar refractivity (Wildman–Crippen MR) is 116 cm³/mol. The quantitative estimate of drug-likeness (QED) is 0.577. The van der Waals surface area contributed by atoms with Crippen LogP contribution in [0.5, 0.6) is 5.75 Å². The molecule has 166 valence electrons. The molecule has 0 spiro atoms. The summed E-state index contributed by atoms with van der Waals surface area (Å²) in [4.78, 5) is 13.0. The van der Waals surface area contributed by atoms with E-state index in [2.05, 4.69) is 21.2 Å². The minimum atomic E-state index is -1.60. The van der Waals surface area contributed by atoms with Gasteiger partial charge in [-0.15, -0.1) is 0 Å². The summed E-state index contributed by atoms with van der Waals surface area (Å²) in [7, 11) is 0. The molecule has 1 amide bonds. The molecule has 2 aromatic rings. The molecule has 2 heterocycles. The van der Waals surface area contributed by atoms with E-state index >= 15 is 0 Å². The standard InChI is InChI=1S/C21H20BrClF2N2O4/c22-13-2-3-16(12-1-4-18(29)26-19(12)13)31-10-21(30)5-6-27(9-17(21)28)20-14(24)7-11(23)8-15(20)25/h2-3,7-8,17,28,30H,1,4-6,9-10H2,(H,26,29)/t17-,21-/m1/s1. The van der Waals surface area contributed by atoms with E-state index in [1.165, 1.54) is 4.90 Å². The zero-order valence-electron chi connectivity index (χ0n) is 16.3. The van der Waals surface area contributed by atoms with E-state index in [0.29, 0.717) is 24.3 Å². The number of rotatable bonds is 4. The van der Waals surface area contributed by atoms with Crippen LogP contribution in [-0.2, 0) is 11.2 Å². The fourth-order valence-electron chi connectivity index (χ4n) is 3.94. The average molecular weight is 518 g/mol. The van der Waals surface area contributed by atoms with Crippen LogP contribution in [0.15, 0.2) is 28.7 Å². The molecule has 2 aliphatic rings. The number of aliphatic hydroxyl groups excluding tert-OH is 1. The molecule has 2 aromatic carbocycles. The average Bonchev–Trinajstić information content (AvgIpc) is 2.70. The van der Waals surface area contributed by atoms with Crippen LogP contribution in [0.4, 0.5) is 20.2 Å². The van der Waals surface area contributed by atoms with Crippen molar-refractivity contribution in [1.29, 1.82) is 0 Å². The molecule has 0 saturated carbocycles. The van der Waals surface area contributed by atoms with Gasteiger partial charge in [-0.3, -0.25) is 4.79 Å². The number of halogens is 4. The normalized spacial score (nSPS) is 23.4. The van der Waals surface area contributed by atoms with Crippen molar-refractivity contribution < 1.29 is 28.5 Å². The van der Waals surface area contributed by atoms with Crippen molar-refractivity contribution in [3.8, 4) is 5.75 Å². The fraction of sp³-hybridized carbons (Fsp3) is 0.381. The first-order valence-corrected chi connectivity index (χ1v) is 10.9. The van der Waals surface area contributed by atoms with E-state index in [1.54, 1.807) is 12.1 Å². The molecular weight excluding hydrogens is 498 g/mol. The zero-order chi connectivity index (χ0) is 22.3. The maximum atomic E-state index is 14.2. The van der Waals surface area contributed by atoms with Gasteiger partial charge in [0.2, 0.25) is 5.91 Å². The first kappa shape index (κ1) is 22.3. The fourth-order valence-corrected chi connectivity index (χ4v) is 4.60. The molecule has 0 radical (unpaired) electrons. The molecule has 6 nitrogen and oxygen atoms in total. The number of hydrogen-bond donors (Lipinski definition) is 3. The number of nitrogens with one attached hydrogen (secondary N) is 1. The second kappa shape index (κ2) is 8.54. The second-order valence-electron chi connectivity index (χ2n) is 7.77. The molecule has 31 heavy (non-hydrogen) atoms. The number of hydrogen-bond acceptors (Lipinski definition) is 5. The Balaban J connectivity index is 1.48. The highest BCUT2D eigenvalue weighted by atomic mass is 79.9. The van der Waals surface area contributed by atoms with Crippen LogP contribution < -0.4 is 15.0 Å². The molecule has 2 aliphatic heterocycles. The summed E-state index contributed by atoms with van der Waals surface area (Å²) in [5, 5.41) is 24.3. The first-order valence-electron chi connectivity index (χ1n) is 9.72. The number of fused-ring (bicyclic) bond motifs is 1. The van der Waals surface area contributed by atoms with Crippen molar-refractivity contribution in [2.45, 2.75) is 31.0 Å². The third-order valence-electron chi connectivity index (χ3n) is 5.69. The maximum absolute atomic E-state index is 14.2. The van der Waals surface area contributed by atoms with Gasteiger partial charge < -0.3 is 25.2 Å². The number of β-amino-alcohol motifs (C(OH)–C–C–N with tert-alkyl or cyclic N) is 1. The van der Waals surface area contributed by atoms with Gasteiger partial charge in [0.15, 0.2) is 11.6 Å². The molecular formula is C21H20BrClF2N2O4. The van der Waals surface area contributed by atoms with Gasteiger partial charge in [0.05, 0.1) is 5.69 Å². The molecule has 1 saturated heterocycles. The predicted octanol–water partition coefficient (Wildman–Crippen LogP) is 3.65. The lowest BCUT2D eigenvalue weighted by molar-refractivity contribution is -0.116. The maximum Gasteiger partial charge on any atom is 0.224 e. The van der Waals surface area contributed by atoms with Gasteiger partial charge in [0.1, 0.15) is 29.7 Å². The highest BCUT2D eigenvalue weighted by Gasteiger charge is 2.42. The SMILES string of the molecule is O=C1CCc2c(OC[C@]3(O)CCN(c4c(F)cc(Cl)cc4F)C[C@H]3O)ccc(Br)c2N1. The summed E-state index contributed by atoms with van der Waals surface area (Å²) in [5.41, 5.74) is -0.461. The van der Waals surface area contributed by atoms with E-state index in [4.69, 9.17) is 16.3 Å². The summed E-state index contributed by atoms with van der Waals surface area (Å²) in [5.74, 6) is -1.26. The van der Waals surface area contributed by atoms with Crippen LogP contribution in [0.1, 0.15) is 18.4 Å². The van der Waals surface area contributed by atoms with E-state index < -0.39 is 23.3 Å². The molecule has 0 aliphatic carbocycles. The summed E-state index contributed by atoms with van der Waals surface area (Å²) in [6, 6.07) is 5.47. The molecule has 2 atom stereocenters. The zero-order valence-corrected chi connectivity index (χ0v) is 18.6. The minimum absolute atomic E-state index is 0.0329. The lowest BCUT2D eigenvalue weighted by atomic mass is 9.89. The number of piperidine rings is 1. The summed E-state index contributed by atoms with van der Waals surface area (Å²) >= 11 is 9.07. The number of ether oxygens (including phenoxy) is 1. The third kappa shape index (κ3) is 4.37. The van der Waals surface area contributed by atoms with Crippen LogP contribution in [0.3, 0.4) is 0 Å². The summed E-state index contributed by atoms with van der Waals surface area (Å²) in [6.07, 6.45) is -0.466. The lowest BCUT2D eigenvalue weighted by Gasteiger charge is -2.42. The number of anilines is 2. The smallest absolute Gasteiger partial charge is 0.224 e. The van der Waals surface area contributed by atoms with Crippen molar-refractivity contribution in [2.75, 3.05) is 29.9 Å². The number of carbonyl (C=O) groups is 1. The first-order chi connectivity index (χ1) is 14.7. The van der Waals surface area contributed by atoms with E-state index in [-0.39, 0.29) is 42.7 Å². The lowest BCUT2D eigenvalue weighted by Crippen LogP contribution is -2.58. The molecule has 0 aromatic heterocycles. The van der Waals surface area contributed by atoms with E-state index in [0.717, 1.165) is 22.2 Å². The van der Waals surface area contributed by atoms with Crippen molar-refractivity contribution >= 4 is 44.8 Å². The van der Waals surface area contributed by atoms with Crippen LogP contribution >= 0.6 is 27.5 Å². The Morgan fingerprint density at radius 1 is 1.29 bits per heavy atom. The topological polar surface area (TPSA) is 82.0 Å². The van der Waals surface area contributed by atoms with Crippen molar-refractivity contribution in [3.63, 3.8) is 0 Å². The van der Waals surface area contributed by atoms with Crippen molar-refractivity contribution in [1.82, 2.24) is 0 Å². The molecule has 3 N–H and O–H groups in total. The van der Waals surface area contributed by atoms with Gasteiger partial charge in [0.25, 0.3) is 0 Å². The summed E-state index contributed by atoms with van der Waals surface area (Å²) < 4.78 is 35.0. The van der Waals surface area contributed by atoms with Crippen molar-refractivity contribution in [3.05, 3.63) is 51.0 Å². The molecule has 4 rings (SSSR count). The Hall–Kier alpha value is -1.94. The highest BCUT2D eigenvalue weighted by molar-refractivity contribution is 9.10. The number of carbonyl (C=O) groups excluding carboxylic acids is 1. The Bertz CT molecular complexity index is 1020. The van der Waals surface area contributed by atoms with Gasteiger partial charge in [-0.05, 0) is 53.0 Å². The monoisotopic (exact) mass is 516 g/mol. The van der Waals surface area contributed by atoms with Crippen LogP contribution in [0.25, 0.3) is 0 Å². The van der Waals surface area contributed by atoms with E-state index in [1.807, 2.05) is 0 Å². The molecule has 0 bridgehead atoms. The minimum Gasteiger partial charge on any atom is -0.490 e. The number of benzene rings is 2. The second-order valence-corrected chi connectivity index (χ2v) is 9.06. The van der Waals surface area contributed by atoms with Crippen LogP contribution in [0.2, 0.25) is 5.02 Å². The van der Waals surface area contributed by atoms with Gasteiger partial charge in [-0.2, -0.15) is 0 Å². The van der Waals surface area contributed by atoms with E-state index in [9.17, 15) is 23.8 Å². The Morgan fingerprint density at radius 3 is 2.68 bits per heavy atom. The van der Waals surface area contributed by atoms with Crippen LogP contribution in [-0.4, -0.2) is 47.5 Å². The Morgan fingerprint density at radius 2 is 2.00 bits per heavy atom. The molecule has 1 fully saturated rings. The Labute approximate surface area is 190 Å².